The van der Waals surface area contributed by atoms with Gasteiger partial charge in [0.15, 0.2) is 0 Å². The molecule has 2 nitrogen and oxygen atoms in total. The molecule has 1 aliphatic rings. The van der Waals surface area contributed by atoms with Gasteiger partial charge in [-0.05, 0) is 38.2 Å². The molecule has 0 aromatic heterocycles. The number of hydrogen-bond donors (Lipinski definition) is 2. The summed E-state index contributed by atoms with van der Waals surface area (Å²) in [5.74, 6) is 0. The number of rotatable bonds is 2. The minimum absolute atomic E-state index is 0.556. The van der Waals surface area contributed by atoms with Gasteiger partial charge in [0, 0.05) is 12.1 Å². The summed E-state index contributed by atoms with van der Waals surface area (Å²) in [6.45, 7) is 0. The van der Waals surface area contributed by atoms with Crippen LogP contribution < -0.4 is 10.6 Å². The first kappa shape index (κ1) is 14.5. The number of thiocarbonyl (C=S) groups is 2. The zero-order chi connectivity index (χ0) is 12.0. The van der Waals surface area contributed by atoms with E-state index in [0.717, 1.165) is 8.64 Å². The van der Waals surface area contributed by atoms with Crippen molar-refractivity contribution >= 4 is 56.6 Å². The average Bonchev–Trinajstić information content (AvgIpc) is 2.31. The Bertz CT molecular complexity index is 223. The summed E-state index contributed by atoms with van der Waals surface area (Å²) >= 11 is 13.6. The van der Waals surface area contributed by atoms with E-state index in [-0.39, 0.29) is 0 Å². The second-order valence-electron chi connectivity index (χ2n) is 3.82. The molecule has 0 heterocycles. The summed E-state index contributed by atoms with van der Waals surface area (Å²) in [6, 6.07) is 1.11. The van der Waals surface area contributed by atoms with Gasteiger partial charge in [-0.15, -0.1) is 23.5 Å². The lowest BCUT2D eigenvalue weighted by atomic mass is 9.91. The third-order valence-electron chi connectivity index (χ3n) is 2.74. The summed E-state index contributed by atoms with van der Waals surface area (Å²) in [5.41, 5.74) is 0. The van der Waals surface area contributed by atoms with Crippen LogP contribution in [0.5, 0.6) is 0 Å². The van der Waals surface area contributed by atoms with Crippen LogP contribution in [0.1, 0.15) is 25.7 Å². The Labute approximate surface area is 117 Å². The lowest BCUT2D eigenvalue weighted by molar-refractivity contribution is 0.358. The zero-order valence-electron chi connectivity index (χ0n) is 9.62. The van der Waals surface area contributed by atoms with Crippen molar-refractivity contribution in [2.45, 2.75) is 37.8 Å². The second kappa shape index (κ2) is 7.74. The predicted molar refractivity (Wildman–Crippen MR) is 84.5 cm³/mol. The van der Waals surface area contributed by atoms with Crippen LogP contribution in [0.25, 0.3) is 0 Å². The molecule has 1 fully saturated rings. The molecule has 0 spiro atoms. The van der Waals surface area contributed by atoms with E-state index in [9.17, 15) is 0 Å². The van der Waals surface area contributed by atoms with Gasteiger partial charge in [-0.25, -0.2) is 0 Å². The summed E-state index contributed by atoms with van der Waals surface area (Å²) in [6.07, 6.45) is 8.73. The van der Waals surface area contributed by atoms with Crippen LogP contribution in [0, 0.1) is 0 Å². The molecule has 0 bridgehead atoms. The largest absolute Gasteiger partial charge is 0.368 e. The lowest BCUT2D eigenvalue weighted by Gasteiger charge is -2.30. The fourth-order valence-corrected chi connectivity index (χ4v) is 2.74. The topological polar surface area (TPSA) is 24.1 Å². The highest BCUT2D eigenvalue weighted by Crippen LogP contribution is 2.20. The number of hydrogen-bond acceptors (Lipinski definition) is 4. The molecule has 16 heavy (non-hydrogen) atoms. The van der Waals surface area contributed by atoms with Gasteiger partial charge in [-0.3, -0.25) is 0 Å². The van der Waals surface area contributed by atoms with Crippen molar-refractivity contribution in [2.24, 2.45) is 0 Å². The molecule has 2 N–H and O–H groups in total. The van der Waals surface area contributed by atoms with Crippen LogP contribution in [-0.2, 0) is 0 Å². The smallest absolute Gasteiger partial charge is 0.133 e. The van der Waals surface area contributed by atoms with Gasteiger partial charge in [-0.2, -0.15) is 0 Å². The monoisotopic (exact) mass is 294 g/mol. The van der Waals surface area contributed by atoms with E-state index in [1.165, 1.54) is 25.7 Å². The van der Waals surface area contributed by atoms with Gasteiger partial charge >= 0.3 is 0 Å². The highest BCUT2D eigenvalue weighted by atomic mass is 32.2. The molecule has 0 amide bonds. The van der Waals surface area contributed by atoms with E-state index in [1.54, 1.807) is 23.5 Å². The maximum atomic E-state index is 5.17. The second-order valence-corrected chi connectivity index (χ2v) is 6.79. The minimum atomic E-state index is 0.556. The molecule has 0 aromatic carbocycles. The molecule has 0 unspecified atom stereocenters. The maximum absolute atomic E-state index is 5.17. The highest BCUT2D eigenvalue weighted by Gasteiger charge is 2.21. The third-order valence-corrected chi connectivity index (χ3v) is 4.95. The van der Waals surface area contributed by atoms with Crippen molar-refractivity contribution in [2.75, 3.05) is 12.5 Å². The van der Waals surface area contributed by atoms with Crippen LogP contribution in [0.15, 0.2) is 0 Å². The fraction of sp³-hybridized carbons (Fsp3) is 0.800. The van der Waals surface area contributed by atoms with Gasteiger partial charge in [0.05, 0.1) is 0 Å². The third kappa shape index (κ3) is 5.21. The number of thioether (sulfide) groups is 2. The van der Waals surface area contributed by atoms with E-state index < -0.39 is 0 Å². The summed E-state index contributed by atoms with van der Waals surface area (Å²) in [5, 5.41) is 6.77. The van der Waals surface area contributed by atoms with Gasteiger partial charge in [0.25, 0.3) is 0 Å². The zero-order valence-corrected chi connectivity index (χ0v) is 12.9. The molecule has 0 atom stereocenters. The van der Waals surface area contributed by atoms with E-state index in [1.807, 2.05) is 12.5 Å². The van der Waals surface area contributed by atoms with Crippen molar-refractivity contribution < 1.29 is 0 Å². The van der Waals surface area contributed by atoms with E-state index >= 15 is 0 Å². The lowest BCUT2D eigenvalue weighted by Crippen LogP contribution is -2.41. The maximum Gasteiger partial charge on any atom is 0.133 e. The van der Waals surface area contributed by atoms with Gasteiger partial charge in [0.2, 0.25) is 0 Å². The van der Waals surface area contributed by atoms with Crippen LogP contribution in [0.4, 0.5) is 0 Å². The molecule has 1 saturated carbocycles. The van der Waals surface area contributed by atoms with Crippen LogP contribution in [-0.4, -0.2) is 33.2 Å². The Hall–Kier alpha value is 0.480. The summed E-state index contributed by atoms with van der Waals surface area (Å²) in [7, 11) is 0. The average molecular weight is 295 g/mol. The van der Waals surface area contributed by atoms with E-state index in [2.05, 4.69) is 10.6 Å². The van der Waals surface area contributed by atoms with E-state index in [0.29, 0.717) is 12.1 Å². The van der Waals surface area contributed by atoms with Gasteiger partial charge in [0.1, 0.15) is 8.64 Å². The first-order chi connectivity index (χ1) is 7.65. The first-order valence-electron chi connectivity index (χ1n) is 5.34. The quantitative estimate of drug-likeness (QED) is 0.760. The van der Waals surface area contributed by atoms with Crippen LogP contribution >= 0.6 is 48.0 Å². The van der Waals surface area contributed by atoms with Gasteiger partial charge < -0.3 is 10.6 Å². The Morgan fingerprint density at radius 2 is 1.19 bits per heavy atom. The Morgan fingerprint density at radius 1 is 0.875 bits per heavy atom. The van der Waals surface area contributed by atoms with Gasteiger partial charge in [-0.1, -0.05) is 24.4 Å². The standard InChI is InChI=1S/C10H18N2S4/c1-15-9(13)11-7-3-5-8(6-4-7)12-10(14)16-2/h7-8H,3-6H2,1-2H3,(H,11,13)(H,12,14). The summed E-state index contributed by atoms with van der Waals surface area (Å²) < 4.78 is 1.83. The van der Waals surface area contributed by atoms with Crippen LogP contribution in [0.3, 0.4) is 0 Å². The van der Waals surface area contributed by atoms with Crippen molar-refractivity contribution in [3.8, 4) is 0 Å². The molecule has 0 radical (unpaired) electrons. The number of nitrogens with one attached hydrogen (secondary N) is 2. The Balaban J connectivity index is 2.23. The minimum Gasteiger partial charge on any atom is -0.368 e. The molecular formula is C10H18N2S4. The van der Waals surface area contributed by atoms with Crippen molar-refractivity contribution in [3.05, 3.63) is 0 Å². The highest BCUT2D eigenvalue weighted by molar-refractivity contribution is 8.22. The molecule has 1 aliphatic carbocycles. The molecule has 0 aliphatic heterocycles. The summed E-state index contributed by atoms with van der Waals surface area (Å²) in [4.78, 5) is 0. The molecule has 0 aromatic rings. The molecule has 0 saturated heterocycles. The first-order valence-corrected chi connectivity index (χ1v) is 8.61. The molecule has 6 heteroatoms. The van der Waals surface area contributed by atoms with Crippen LogP contribution in [0.2, 0.25) is 0 Å². The normalized spacial score (nSPS) is 24.9. The van der Waals surface area contributed by atoms with Crippen molar-refractivity contribution in [3.63, 3.8) is 0 Å². The molecule has 1 rings (SSSR count). The predicted octanol–water partition coefficient (Wildman–Crippen LogP) is 2.77. The fourth-order valence-electron chi connectivity index (χ4n) is 1.83. The van der Waals surface area contributed by atoms with Crippen molar-refractivity contribution in [1.82, 2.24) is 10.6 Å². The molecule has 92 valence electrons. The Kier molecular flexibility index (Phi) is 7.03. The van der Waals surface area contributed by atoms with E-state index in [4.69, 9.17) is 24.4 Å². The van der Waals surface area contributed by atoms with Crippen molar-refractivity contribution in [1.29, 1.82) is 0 Å². The SMILES string of the molecule is CSC(=S)NC1CCC(NC(=S)SC)CC1. The Morgan fingerprint density at radius 3 is 1.44 bits per heavy atom. The molecular weight excluding hydrogens is 276 g/mol.